The van der Waals surface area contributed by atoms with Crippen LogP contribution < -0.4 is 10.5 Å². The molecule has 2 N–H and O–H groups in total. The Hall–Kier alpha value is -2.10. The van der Waals surface area contributed by atoms with Crippen LogP contribution in [0.4, 0.5) is 5.95 Å². The summed E-state index contributed by atoms with van der Waals surface area (Å²) in [6, 6.07) is 7.93. The molecule has 0 amide bonds. The number of para-hydroxylation sites is 1. The summed E-state index contributed by atoms with van der Waals surface area (Å²) in [5.41, 5.74) is 9.13. The quantitative estimate of drug-likeness (QED) is 0.911. The van der Waals surface area contributed by atoms with Crippen LogP contribution >= 0.6 is 0 Å². The van der Waals surface area contributed by atoms with Gasteiger partial charge >= 0.3 is 0 Å². The van der Waals surface area contributed by atoms with Gasteiger partial charge in [-0.1, -0.05) is 32.0 Å². The summed E-state index contributed by atoms with van der Waals surface area (Å²) in [7, 11) is 0. The minimum absolute atomic E-state index is 0.0223. The second-order valence-electron chi connectivity index (χ2n) is 6.32. The lowest BCUT2D eigenvalue weighted by atomic mass is 9.76. The molecule has 4 heteroatoms. The van der Waals surface area contributed by atoms with Gasteiger partial charge in [-0.3, -0.25) is 0 Å². The summed E-state index contributed by atoms with van der Waals surface area (Å²) >= 11 is 0. The molecule has 1 aromatic carbocycles. The predicted molar refractivity (Wildman–Crippen MR) is 83.7 cm³/mol. The van der Waals surface area contributed by atoms with Crippen LogP contribution in [0.1, 0.15) is 43.5 Å². The first-order chi connectivity index (χ1) is 9.97. The summed E-state index contributed by atoms with van der Waals surface area (Å²) in [4.78, 5) is 8.81. The average Bonchev–Trinajstić information content (AvgIpc) is 2.42. The largest absolute Gasteiger partial charge is 0.438 e. The van der Waals surface area contributed by atoms with Gasteiger partial charge in [0.05, 0.1) is 5.69 Å². The Kier molecular flexibility index (Phi) is 3.32. The SMILES string of the molecule is Cc1ccccc1Oc1nc(N)nc2c1CCCC2(C)C. The Morgan fingerprint density at radius 3 is 2.71 bits per heavy atom. The fraction of sp³-hybridized carbons (Fsp3) is 0.412. The number of nitrogens with zero attached hydrogens (tertiary/aromatic N) is 2. The summed E-state index contributed by atoms with van der Waals surface area (Å²) in [6.07, 6.45) is 3.18. The highest BCUT2D eigenvalue weighted by Crippen LogP contribution is 2.40. The lowest BCUT2D eigenvalue weighted by Gasteiger charge is -2.31. The molecule has 0 unspecified atom stereocenters. The van der Waals surface area contributed by atoms with E-state index < -0.39 is 0 Å². The number of nitrogen functional groups attached to an aromatic ring is 1. The Morgan fingerprint density at radius 1 is 1.19 bits per heavy atom. The molecule has 0 fully saturated rings. The van der Waals surface area contributed by atoms with E-state index in [0.29, 0.717) is 5.88 Å². The van der Waals surface area contributed by atoms with Crippen LogP contribution in [0, 0.1) is 6.92 Å². The molecule has 21 heavy (non-hydrogen) atoms. The molecule has 0 aliphatic heterocycles. The number of aryl methyl sites for hydroxylation is 1. The van der Waals surface area contributed by atoms with Gasteiger partial charge in [-0.2, -0.15) is 4.98 Å². The lowest BCUT2D eigenvalue weighted by molar-refractivity contribution is 0.393. The number of fused-ring (bicyclic) bond motifs is 1. The highest BCUT2D eigenvalue weighted by Gasteiger charge is 2.32. The zero-order valence-corrected chi connectivity index (χ0v) is 12.8. The molecule has 0 spiro atoms. The molecule has 1 aliphatic carbocycles. The van der Waals surface area contributed by atoms with Gasteiger partial charge in [0, 0.05) is 11.0 Å². The number of hydrogen-bond donors (Lipinski definition) is 1. The van der Waals surface area contributed by atoms with E-state index in [4.69, 9.17) is 10.5 Å². The molecule has 1 aromatic heterocycles. The normalized spacial score (nSPS) is 16.3. The van der Waals surface area contributed by atoms with Crippen LogP contribution in [0.25, 0.3) is 0 Å². The molecular formula is C17H21N3O. The van der Waals surface area contributed by atoms with Crippen LogP contribution in [0.15, 0.2) is 24.3 Å². The van der Waals surface area contributed by atoms with Gasteiger partial charge in [0.25, 0.3) is 0 Å². The first kappa shape index (κ1) is 13.9. The van der Waals surface area contributed by atoms with Crippen LogP contribution in [-0.2, 0) is 11.8 Å². The highest BCUT2D eigenvalue weighted by molar-refractivity contribution is 5.44. The minimum Gasteiger partial charge on any atom is -0.438 e. The molecule has 4 nitrogen and oxygen atoms in total. The Labute approximate surface area is 125 Å². The number of aromatic nitrogens is 2. The monoisotopic (exact) mass is 283 g/mol. The molecular weight excluding hydrogens is 262 g/mol. The molecule has 1 aliphatic rings. The van der Waals surface area contributed by atoms with Crippen molar-refractivity contribution >= 4 is 5.95 Å². The molecule has 0 saturated heterocycles. The number of hydrogen-bond acceptors (Lipinski definition) is 4. The summed E-state index contributed by atoms with van der Waals surface area (Å²) < 4.78 is 6.05. The van der Waals surface area contributed by atoms with E-state index in [2.05, 4.69) is 23.8 Å². The summed E-state index contributed by atoms with van der Waals surface area (Å²) in [5.74, 6) is 1.72. The second-order valence-corrected chi connectivity index (χ2v) is 6.32. The highest BCUT2D eigenvalue weighted by atomic mass is 16.5. The topological polar surface area (TPSA) is 61.0 Å². The zero-order valence-electron chi connectivity index (χ0n) is 12.8. The van der Waals surface area contributed by atoms with Gasteiger partial charge < -0.3 is 10.5 Å². The van der Waals surface area contributed by atoms with Gasteiger partial charge in [0.2, 0.25) is 11.8 Å². The lowest BCUT2D eigenvalue weighted by Crippen LogP contribution is -2.27. The standard InChI is InChI=1S/C17H21N3O/c1-11-7-4-5-9-13(11)21-15-12-8-6-10-17(2,3)14(12)19-16(18)20-15/h4-5,7,9H,6,8,10H2,1-3H3,(H2,18,19,20). The first-order valence-corrected chi connectivity index (χ1v) is 7.38. The smallest absolute Gasteiger partial charge is 0.227 e. The molecule has 110 valence electrons. The molecule has 0 atom stereocenters. The third kappa shape index (κ3) is 2.58. The van der Waals surface area contributed by atoms with Crippen molar-refractivity contribution in [2.75, 3.05) is 5.73 Å². The maximum absolute atomic E-state index is 6.05. The Morgan fingerprint density at radius 2 is 1.95 bits per heavy atom. The fourth-order valence-corrected chi connectivity index (χ4v) is 2.95. The number of nitrogens with two attached hydrogens (primary N) is 1. The maximum atomic E-state index is 6.05. The molecule has 0 bridgehead atoms. The second kappa shape index (κ2) is 5.02. The van der Waals surface area contributed by atoms with Crippen LogP contribution in [0.2, 0.25) is 0 Å². The predicted octanol–water partition coefficient (Wildman–Crippen LogP) is 3.77. The van der Waals surface area contributed by atoms with Crippen molar-refractivity contribution in [3.8, 4) is 11.6 Å². The van der Waals surface area contributed by atoms with E-state index in [0.717, 1.165) is 41.8 Å². The van der Waals surface area contributed by atoms with Gasteiger partial charge in [-0.25, -0.2) is 4.98 Å². The van der Waals surface area contributed by atoms with E-state index in [1.54, 1.807) is 0 Å². The number of benzene rings is 1. The fourth-order valence-electron chi connectivity index (χ4n) is 2.95. The van der Waals surface area contributed by atoms with E-state index in [-0.39, 0.29) is 11.4 Å². The Bertz CT molecular complexity index is 680. The minimum atomic E-state index is 0.0223. The number of anilines is 1. The van der Waals surface area contributed by atoms with E-state index in [9.17, 15) is 0 Å². The van der Waals surface area contributed by atoms with E-state index in [1.807, 2.05) is 31.2 Å². The van der Waals surface area contributed by atoms with Gasteiger partial charge in [-0.05, 0) is 37.8 Å². The van der Waals surface area contributed by atoms with Crippen molar-refractivity contribution in [3.05, 3.63) is 41.1 Å². The van der Waals surface area contributed by atoms with Crippen molar-refractivity contribution in [2.24, 2.45) is 0 Å². The van der Waals surface area contributed by atoms with Gasteiger partial charge in [-0.15, -0.1) is 0 Å². The van der Waals surface area contributed by atoms with Crippen molar-refractivity contribution < 1.29 is 4.74 Å². The number of ether oxygens (including phenoxy) is 1. The first-order valence-electron chi connectivity index (χ1n) is 7.38. The molecule has 0 saturated carbocycles. The third-order valence-electron chi connectivity index (χ3n) is 4.16. The van der Waals surface area contributed by atoms with Gasteiger partial charge in [0.15, 0.2) is 0 Å². The molecule has 2 aromatic rings. The zero-order chi connectivity index (χ0) is 15.0. The Balaban J connectivity index is 2.08. The molecule has 0 radical (unpaired) electrons. The summed E-state index contributed by atoms with van der Waals surface area (Å²) in [6.45, 7) is 6.43. The van der Waals surface area contributed by atoms with Crippen LogP contribution in [0.5, 0.6) is 11.6 Å². The average molecular weight is 283 g/mol. The van der Waals surface area contributed by atoms with E-state index in [1.165, 1.54) is 0 Å². The summed E-state index contributed by atoms with van der Waals surface area (Å²) in [5, 5.41) is 0. The maximum Gasteiger partial charge on any atom is 0.227 e. The number of rotatable bonds is 2. The van der Waals surface area contributed by atoms with Crippen molar-refractivity contribution in [3.63, 3.8) is 0 Å². The van der Waals surface area contributed by atoms with Crippen molar-refractivity contribution in [2.45, 2.75) is 45.4 Å². The van der Waals surface area contributed by atoms with Crippen LogP contribution in [0.3, 0.4) is 0 Å². The van der Waals surface area contributed by atoms with Crippen molar-refractivity contribution in [1.82, 2.24) is 9.97 Å². The third-order valence-corrected chi connectivity index (χ3v) is 4.16. The van der Waals surface area contributed by atoms with E-state index >= 15 is 0 Å². The van der Waals surface area contributed by atoms with Gasteiger partial charge in [0.1, 0.15) is 5.75 Å². The van der Waals surface area contributed by atoms with Crippen LogP contribution in [-0.4, -0.2) is 9.97 Å². The molecule has 3 rings (SSSR count). The molecule has 1 heterocycles. The van der Waals surface area contributed by atoms with Crippen molar-refractivity contribution in [1.29, 1.82) is 0 Å².